The number of aromatic nitrogens is 4. The summed E-state index contributed by atoms with van der Waals surface area (Å²) < 4.78 is 12.9. The molecular formula is C41H26N4OPd-2. The van der Waals surface area contributed by atoms with Crippen LogP contribution in [0.3, 0.4) is 0 Å². The van der Waals surface area contributed by atoms with E-state index < -0.39 is 0 Å². The van der Waals surface area contributed by atoms with E-state index in [0.717, 1.165) is 55.6 Å². The Labute approximate surface area is 285 Å². The van der Waals surface area contributed by atoms with Crippen LogP contribution in [0.5, 0.6) is 11.5 Å². The van der Waals surface area contributed by atoms with Gasteiger partial charge in [0.15, 0.2) is 5.65 Å². The Morgan fingerprint density at radius 2 is 1.38 bits per heavy atom. The maximum absolute atomic E-state index is 6.37. The predicted molar refractivity (Wildman–Crippen MR) is 183 cm³/mol. The molecule has 5 aromatic carbocycles. The second-order valence-electron chi connectivity index (χ2n) is 11.2. The summed E-state index contributed by atoms with van der Waals surface area (Å²) >= 11 is 0. The van der Waals surface area contributed by atoms with Gasteiger partial charge in [0.25, 0.3) is 0 Å². The smallest absolute Gasteiger partial charge is 0.190 e. The first-order chi connectivity index (χ1) is 22.7. The third kappa shape index (κ3) is 4.70. The number of nitrogens with zero attached hydrogens (tertiary/aromatic N) is 4. The van der Waals surface area contributed by atoms with Gasteiger partial charge < -0.3 is 18.9 Å². The molecule has 0 saturated carbocycles. The molecular weight excluding hydrogens is 671 g/mol. The van der Waals surface area contributed by atoms with E-state index in [4.69, 9.17) is 4.74 Å². The fraction of sp³-hybridized carbons (Fsp3) is 0. The van der Waals surface area contributed by atoms with Gasteiger partial charge in [-0.2, -0.15) is 6.07 Å². The van der Waals surface area contributed by atoms with Gasteiger partial charge in [-0.3, -0.25) is 4.57 Å². The van der Waals surface area contributed by atoms with Gasteiger partial charge in [0, 0.05) is 65.7 Å². The Morgan fingerprint density at radius 3 is 2.23 bits per heavy atom. The van der Waals surface area contributed by atoms with Crippen molar-refractivity contribution < 1.29 is 29.7 Å². The standard InChI is InChI=1S/C41H26N4O.Pd/c1-43-25-11-19-34-33-22-23-38-39(35-18-5-6-21-37(35)44(38)29-13-3-2-4-14-29)40(33)45(41(34)43)30-15-10-17-32(27-30)46-31-16-9-12-28(26-31)36-20-7-8-24-42-36;/h2-25H,1H2;/q-2;. The molecule has 6 heteroatoms. The van der Waals surface area contributed by atoms with Gasteiger partial charge in [0.1, 0.15) is 5.52 Å². The van der Waals surface area contributed by atoms with Gasteiger partial charge >= 0.3 is 0 Å². The zero-order valence-electron chi connectivity index (χ0n) is 25.1. The molecule has 228 valence electrons. The average molecular weight is 697 g/mol. The van der Waals surface area contributed by atoms with Crippen molar-refractivity contribution in [2.24, 2.45) is 0 Å². The quantitative estimate of drug-likeness (QED) is 0.102. The fourth-order valence-corrected chi connectivity index (χ4v) is 6.61. The molecule has 0 unspecified atom stereocenters. The molecule has 0 saturated heterocycles. The minimum atomic E-state index is 0. The molecule has 0 radical (unpaired) electrons. The molecule has 47 heavy (non-hydrogen) atoms. The van der Waals surface area contributed by atoms with E-state index in [0.29, 0.717) is 11.5 Å². The second-order valence-corrected chi connectivity index (χ2v) is 11.2. The predicted octanol–water partition coefficient (Wildman–Crippen LogP) is 9.26. The molecule has 0 N–H and O–H groups in total. The minimum absolute atomic E-state index is 0. The Bertz CT molecular complexity index is 2570. The van der Waals surface area contributed by atoms with Crippen LogP contribution in [-0.4, -0.2) is 14.1 Å². The third-order valence-electron chi connectivity index (χ3n) is 8.52. The maximum atomic E-state index is 6.37. The van der Waals surface area contributed by atoms with Gasteiger partial charge in [0.2, 0.25) is 0 Å². The fourth-order valence-electron chi connectivity index (χ4n) is 6.61. The van der Waals surface area contributed by atoms with Crippen LogP contribution in [0.15, 0.2) is 146 Å². The van der Waals surface area contributed by atoms with E-state index in [1.807, 2.05) is 65.4 Å². The third-order valence-corrected chi connectivity index (χ3v) is 8.52. The van der Waals surface area contributed by atoms with Crippen molar-refractivity contribution in [2.75, 3.05) is 0 Å². The minimum Gasteiger partial charge on any atom is -0.503 e. The topological polar surface area (TPSA) is 35.9 Å². The maximum Gasteiger partial charge on any atom is 0.190 e. The number of hydrogen-bond donors (Lipinski definition) is 0. The van der Waals surface area contributed by atoms with Gasteiger partial charge in [0.05, 0.1) is 16.4 Å². The van der Waals surface area contributed by atoms with Crippen molar-refractivity contribution in [2.45, 2.75) is 0 Å². The zero-order chi connectivity index (χ0) is 30.6. The van der Waals surface area contributed by atoms with Gasteiger partial charge in [-0.15, -0.1) is 35.9 Å². The van der Waals surface area contributed by atoms with Crippen molar-refractivity contribution in [3.8, 4) is 34.1 Å². The molecule has 4 heterocycles. The summed E-state index contributed by atoms with van der Waals surface area (Å²) in [6.07, 6.45) is 3.77. The molecule has 9 rings (SSSR count). The van der Waals surface area contributed by atoms with Crippen LogP contribution in [0.25, 0.3) is 66.4 Å². The number of rotatable bonds is 5. The van der Waals surface area contributed by atoms with E-state index in [9.17, 15) is 0 Å². The summed E-state index contributed by atoms with van der Waals surface area (Å²) in [5.41, 5.74) is 8.03. The molecule has 0 amide bonds. The van der Waals surface area contributed by atoms with Crippen LogP contribution in [0.1, 0.15) is 0 Å². The first-order valence-corrected chi connectivity index (χ1v) is 15.2. The van der Waals surface area contributed by atoms with Crippen LogP contribution in [0, 0.1) is 19.2 Å². The Kier molecular flexibility index (Phi) is 7.11. The Hall–Kier alpha value is -5.67. The summed E-state index contributed by atoms with van der Waals surface area (Å²) in [4.78, 5) is 4.47. The first kappa shape index (κ1) is 28.8. The van der Waals surface area contributed by atoms with Crippen molar-refractivity contribution in [1.29, 1.82) is 0 Å². The first-order valence-electron chi connectivity index (χ1n) is 15.2. The van der Waals surface area contributed by atoms with Crippen LogP contribution >= 0.6 is 0 Å². The SMILES string of the molecule is [CH2-][n+]1cccc2c3ccc4c(c5ccccc5n4-c4ccccc4)c3n(-c3[c-]c(Oc4[c-]c(-c5ccccn5)ccc4)ccc3)c21.[Pd]. The summed E-state index contributed by atoms with van der Waals surface area (Å²) in [6, 6.07) is 52.5. The molecule has 0 spiro atoms. The normalized spacial score (nSPS) is 11.3. The van der Waals surface area contributed by atoms with Gasteiger partial charge in [-0.25, -0.2) is 0 Å². The largest absolute Gasteiger partial charge is 0.503 e. The molecule has 0 aliphatic rings. The van der Waals surface area contributed by atoms with E-state index in [2.05, 4.69) is 112 Å². The molecule has 0 fully saturated rings. The number of fused-ring (bicyclic) bond motifs is 7. The monoisotopic (exact) mass is 696 g/mol. The molecule has 4 aromatic heterocycles. The number of para-hydroxylation sites is 2. The van der Waals surface area contributed by atoms with Crippen LogP contribution in [0.4, 0.5) is 0 Å². The number of benzene rings is 5. The van der Waals surface area contributed by atoms with E-state index in [-0.39, 0.29) is 20.4 Å². The van der Waals surface area contributed by atoms with E-state index >= 15 is 0 Å². The molecule has 5 nitrogen and oxygen atoms in total. The Morgan fingerprint density at radius 1 is 0.617 bits per heavy atom. The number of pyridine rings is 2. The molecule has 0 bridgehead atoms. The van der Waals surface area contributed by atoms with Gasteiger partial charge in [-0.1, -0.05) is 72.8 Å². The van der Waals surface area contributed by atoms with E-state index in [1.54, 1.807) is 6.20 Å². The van der Waals surface area contributed by atoms with Crippen LogP contribution in [0.2, 0.25) is 0 Å². The van der Waals surface area contributed by atoms with Crippen LogP contribution < -0.4 is 9.30 Å². The molecule has 0 atom stereocenters. The van der Waals surface area contributed by atoms with Crippen molar-refractivity contribution in [3.63, 3.8) is 0 Å². The second kappa shape index (κ2) is 11.6. The van der Waals surface area contributed by atoms with E-state index in [1.165, 1.54) is 10.8 Å². The molecule has 0 aliphatic heterocycles. The summed E-state index contributed by atoms with van der Waals surface area (Å²) in [6.45, 7) is 0. The number of hydrogen-bond acceptors (Lipinski definition) is 2. The number of ether oxygens (including phenoxy) is 1. The summed E-state index contributed by atoms with van der Waals surface area (Å²) in [7, 11) is 4.39. The summed E-state index contributed by atoms with van der Waals surface area (Å²) in [5, 5.41) is 4.61. The van der Waals surface area contributed by atoms with Crippen LogP contribution in [-0.2, 0) is 20.4 Å². The summed E-state index contributed by atoms with van der Waals surface area (Å²) in [5.74, 6) is 1.19. The van der Waals surface area contributed by atoms with Crippen molar-refractivity contribution >= 4 is 43.7 Å². The molecule has 0 aliphatic carbocycles. The Balaban J connectivity index is 0.00000324. The van der Waals surface area contributed by atoms with Crippen molar-refractivity contribution in [3.05, 3.63) is 165 Å². The van der Waals surface area contributed by atoms with Gasteiger partial charge in [-0.05, 0) is 55.3 Å². The van der Waals surface area contributed by atoms with Crippen molar-refractivity contribution in [1.82, 2.24) is 14.1 Å². The molecule has 9 aromatic rings. The zero-order valence-corrected chi connectivity index (χ0v) is 26.6. The average Bonchev–Trinajstić information content (AvgIpc) is 3.63.